The number of carbonyl (C=O) groups excluding carboxylic acids is 1. The van der Waals surface area contributed by atoms with E-state index in [9.17, 15) is 13.2 Å². The van der Waals surface area contributed by atoms with E-state index in [4.69, 9.17) is 0 Å². The molecule has 2 atom stereocenters. The van der Waals surface area contributed by atoms with E-state index in [1.165, 1.54) is 6.42 Å². The van der Waals surface area contributed by atoms with E-state index < -0.39 is 10.0 Å². The van der Waals surface area contributed by atoms with Crippen molar-refractivity contribution in [3.8, 4) is 0 Å². The van der Waals surface area contributed by atoms with Gasteiger partial charge in [-0.3, -0.25) is 4.79 Å². The molecule has 4 rings (SSSR count). The predicted molar refractivity (Wildman–Crippen MR) is 118 cm³/mol. The number of benzene rings is 1. The van der Waals surface area contributed by atoms with Crippen LogP contribution in [0.25, 0.3) is 0 Å². The van der Waals surface area contributed by atoms with Gasteiger partial charge in [0.2, 0.25) is 15.9 Å². The normalized spacial score (nSPS) is 33.4. The quantitative estimate of drug-likeness (QED) is 0.758. The lowest BCUT2D eigenvalue weighted by Crippen LogP contribution is -2.42. The fraction of sp³-hybridized carbons (Fsp3) is 0.708. The lowest BCUT2D eigenvalue weighted by Gasteiger charge is -2.39. The summed E-state index contributed by atoms with van der Waals surface area (Å²) in [5.41, 5.74) is 0.593. The second kappa shape index (κ2) is 7.94. The monoisotopic (exact) mass is 432 g/mol. The highest BCUT2D eigenvalue weighted by Gasteiger charge is 2.51. The van der Waals surface area contributed by atoms with E-state index in [0.29, 0.717) is 34.7 Å². The van der Waals surface area contributed by atoms with Gasteiger partial charge in [-0.05, 0) is 73.8 Å². The molecule has 1 aromatic rings. The summed E-state index contributed by atoms with van der Waals surface area (Å²) >= 11 is 0. The average Bonchev–Trinajstić information content (AvgIpc) is 2.95. The fourth-order valence-corrected chi connectivity index (χ4v) is 7.61. The van der Waals surface area contributed by atoms with Crippen LogP contribution in [-0.4, -0.2) is 38.4 Å². The molecule has 2 bridgehead atoms. The lowest BCUT2D eigenvalue weighted by atomic mass is 9.65. The third-order valence-corrected chi connectivity index (χ3v) is 8.95. The second-order valence-corrected chi connectivity index (χ2v) is 12.8. The average molecular weight is 433 g/mol. The third-order valence-electron chi connectivity index (χ3n) is 7.51. The molecule has 6 heteroatoms. The number of carbonyl (C=O) groups is 1. The molecule has 166 valence electrons. The Balaban J connectivity index is 1.29. The zero-order chi connectivity index (χ0) is 21.6. The molecule has 2 saturated carbocycles. The van der Waals surface area contributed by atoms with Crippen molar-refractivity contribution < 1.29 is 13.2 Å². The van der Waals surface area contributed by atoms with E-state index in [1.807, 2.05) is 6.07 Å². The van der Waals surface area contributed by atoms with Gasteiger partial charge in [-0.25, -0.2) is 13.1 Å². The fourth-order valence-electron chi connectivity index (χ4n) is 6.48. The molecule has 3 fully saturated rings. The van der Waals surface area contributed by atoms with Gasteiger partial charge in [-0.1, -0.05) is 39.0 Å². The number of hydrogen-bond acceptors (Lipinski definition) is 3. The highest BCUT2D eigenvalue weighted by atomic mass is 32.2. The topological polar surface area (TPSA) is 66.5 Å². The van der Waals surface area contributed by atoms with Crippen LogP contribution in [0.5, 0.6) is 0 Å². The Morgan fingerprint density at radius 2 is 1.73 bits per heavy atom. The van der Waals surface area contributed by atoms with Crippen LogP contribution in [0.3, 0.4) is 0 Å². The molecule has 2 aliphatic carbocycles. The first-order valence-electron chi connectivity index (χ1n) is 11.4. The summed E-state index contributed by atoms with van der Waals surface area (Å²) in [6.45, 7) is 8.40. The minimum Gasteiger partial charge on any atom is -0.339 e. The Bertz CT molecular complexity index is 875. The zero-order valence-corrected chi connectivity index (χ0v) is 19.4. The minimum absolute atomic E-state index is 0.109. The van der Waals surface area contributed by atoms with Crippen molar-refractivity contribution in [2.45, 2.75) is 76.7 Å². The van der Waals surface area contributed by atoms with E-state index in [0.717, 1.165) is 45.1 Å². The molecule has 1 saturated heterocycles. The Labute approximate surface area is 181 Å². The molecule has 0 unspecified atom stereocenters. The summed E-state index contributed by atoms with van der Waals surface area (Å²) in [7, 11) is -3.46. The highest BCUT2D eigenvalue weighted by Crippen LogP contribution is 2.53. The van der Waals surface area contributed by atoms with Crippen molar-refractivity contribution >= 4 is 15.9 Å². The number of amides is 1. The van der Waals surface area contributed by atoms with Gasteiger partial charge < -0.3 is 4.90 Å². The Kier molecular flexibility index (Phi) is 5.77. The Morgan fingerprint density at radius 3 is 2.40 bits per heavy atom. The lowest BCUT2D eigenvalue weighted by molar-refractivity contribution is -0.138. The van der Waals surface area contributed by atoms with Gasteiger partial charge in [0.1, 0.15) is 0 Å². The molecule has 0 spiro atoms. The molecule has 1 heterocycles. The van der Waals surface area contributed by atoms with E-state index in [-0.39, 0.29) is 11.3 Å². The smallest absolute Gasteiger partial charge is 0.240 e. The van der Waals surface area contributed by atoms with Crippen LogP contribution in [0.2, 0.25) is 0 Å². The molecule has 3 aliphatic rings. The maximum atomic E-state index is 13.3. The molecule has 1 aliphatic heterocycles. The zero-order valence-electron chi connectivity index (χ0n) is 18.6. The second-order valence-electron chi connectivity index (χ2n) is 11.1. The highest BCUT2D eigenvalue weighted by molar-refractivity contribution is 7.89. The van der Waals surface area contributed by atoms with Crippen molar-refractivity contribution in [1.82, 2.24) is 9.62 Å². The van der Waals surface area contributed by atoms with Crippen molar-refractivity contribution in [1.29, 1.82) is 0 Å². The molecule has 1 amide bonds. The van der Waals surface area contributed by atoms with E-state index in [1.54, 1.807) is 24.3 Å². The summed E-state index contributed by atoms with van der Waals surface area (Å²) in [6, 6.07) is 8.92. The summed E-state index contributed by atoms with van der Waals surface area (Å²) in [5.74, 6) is 0.768. The number of rotatable bonds is 5. The van der Waals surface area contributed by atoms with Gasteiger partial charge in [0, 0.05) is 25.0 Å². The van der Waals surface area contributed by atoms with E-state index in [2.05, 4.69) is 30.4 Å². The van der Waals surface area contributed by atoms with Gasteiger partial charge in [0.15, 0.2) is 0 Å². The van der Waals surface area contributed by atoms with Crippen molar-refractivity contribution in [2.75, 3.05) is 13.1 Å². The van der Waals surface area contributed by atoms with Crippen LogP contribution in [0, 0.1) is 22.7 Å². The molecular formula is C24H36N2O3S. The van der Waals surface area contributed by atoms with Crippen LogP contribution in [0.1, 0.15) is 65.7 Å². The number of hydrogen-bond donors (Lipinski definition) is 1. The van der Waals surface area contributed by atoms with Crippen molar-refractivity contribution in [2.24, 2.45) is 22.7 Å². The Morgan fingerprint density at radius 1 is 1.07 bits per heavy atom. The minimum atomic E-state index is -3.46. The molecule has 1 N–H and O–H groups in total. The predicted octanol–water partition coefficient (Wildman–Crippen LogP) is 4.20. The number of nitrogens with zero attached hydrogens (tertiary/aromatic N) is 1. The number of fused-ring (bicyclic) bond motifs is 2. The molecule has 30 heavy (non-hydrogen) atoms. The van der Waals surface area contributed by atoms with Crippen LogP contribution >= 0.6 is 0 Å². The van der Waals surface area contributed by atoms with Gasteiger partial charge >= 0.3 is 0 Å². The van der Waals surface area contributed by atoms with E-state index >= 15 is 0 Å². The maximum Gasteiger partial charge on any atom is 0.240 e. The standard InChI is InChI=1S/C24H36N2O3S/c1-23(2)13-20-14-24(3,16-23)17-26(20)22(27)19-11-9-18(10-12-19)15-25-30(28,29)21-7-5-4-6-8-21/h4-8,18-20,25H,9-17H2,1-3H3/t18?,19?,20-,24-/m1/s1. The molecule has 0 radical (unpaired) electrons. The summed E-state index contributed by atoms with van der Waals surface area (Å²) in [5, 5.41) is 0. The number of nitrogens with one attached hydrogen (secondary N) is 1. The largest absolute Gasteiger partial charge is 0.339 e. The first-order valence-corrected chi connectivity index (χ1v) is 12.9. The molecule has 0 aromatic heterocycles. The summed E-state index contributed by atoms with van der Waals surface area (Å²) in [4.78, 5) is 15.8. The van der Waals surface area contributed by atoms with Crippen LogP contribution in [0.15, 0.2) is 35.2 Å². The maximum absolute atomic E-state index is 13.3. The molecular weight excluding hydrogens is 396 g/mol. The molecule has 1 aromatic carbocycles. The number of likely N-dealkylation sites (tertiary alicyclic amines) is 1. The first-order chi connectivity index (χ1) is 14.1. The molecule has 5 nitrogen and oxygen atoms in total. The van der Waals surface area contributed by atoms with Gasteiger partial charge in [0.25, 0.3) is 0 Å². The number of sulfonamides is 1. The van der Waals surface area contributed by atoms with Crippen molar-refractivity contribution in [3.63, 3.8) is 0 Å². The van der Waals surface area contributed by atoms with Crippen LogP contribution < -0.4 is 4.72 Å². The summed E-state index contributed by atoms with van der Waals surface area (Å²) < 4.78 is 27.6. The Hall–Kier alpha value is -1.40. The third kappa shape index (κ3) is 4.59. The summed E-state index contributed by atoms with van der Waals surface area (Å²) in [6.07, 6.45) is 7.04. The van der Waals surface area contributed by atoms with Gasteiger partial charge in [-0.15, -0.1) is 0 Å². The van der Waals surface area contributed by atoms with Crippen LogP contribution in [-0.2, 0) is 14.8 Å². The SMILES string of the molecule is CC1(C)C[C@@H]2C[C@@](C)(CN2C(=O)C2CCC(CNS(=O)(=O)c3ccccc3)CC2)C1. The van der Waals surface area contributed by atoms with Gasteiger partial charge in [0.05, 0.1) is 4.90 Å². The van der Waals surface area contributed by atoms with Gasteiger partial charge in [-0.2, -0.15) is 0 Å². The first kappa shape index (κ1) is 21.8. The van der Waals surface area contributed by atoms with Crippen LogP contribution in [0.4, 0.5) is 0 Å². The van der Waals surface area contributed by atoms with Crippen molar-refractivity contribution in [3.05, 3.63) is 30.3 Å².